The van der Waals surface area contributed by atoms with Crippen LogP contribution in [-0.4, -0.2) is 18.4 Å². The number of sulfonamides is 1. The van der Waals surface area contributed by atoms with Gasteiger partial charge in [0.25, 0.3) is 10.0 Å². The zero-order valence-corrected chi connectivity index (χ0v) is 11.4. The van der Waals surface area contributed by atoms with Crippen LogP contribution in [0, 0.1) is 18.3 Å². The highest BCUT2D eigenvalue weighted by atomic mass is 35.5. The topological polar surface area (TPSA) is 98.6 Å². The normalized spacial score (nSPS) is 11.0. The number of nitriles is 1. The summed E-state index contributed by atoms with van der Waals surface area (Å²) in [6, 6.07) is 6.22. The average molecular weight is 297 g/mol. The van der Waals surface area contributed by atoms with Gasteiger partial charge in [-0.3, -0.25) is 4.72 Å². The molecule has 98 valence electrons. The van der Waals surface area contributed by atoms with Crippen molar-refractivity contribution in [3.05, 3.63) is 40.8 Å². The number of benzene rings is 1. The lowest BCUT2D eigenvalue weighted by molar-refractivity contribution is 0.598. The van der Waals surface area contributed by atoms with Gasteiger partial charge in [0.05, 0.1) is 17.4 Å². The predicted molar refractivity (Wildman–Crippen MR) is 70.3 cm³/mol. The van der Waals surface area contributed by atoms with Crippen LogP contribution >= 0.6 is 11.6 Å². The van der Waals surface area contributed by atoms with Crippen molar-refractivity contribution < 1.29 is 8.42 Å². The van der Waals surface area contributed by atoms with Crippen LogP contribution in [0.25, 0.3) is 0 Å². The molecule has 2 N–H and O–H groups in total. The van der Waals surface area contributed by atoms with Crippen LogP contribution in [0.1, 0.15) is 11.4 Å². The molecule has 2 aromatic rings. The Morgan fingerprint density at radius 3 is 2.79 bits per heavy atom. The van der Waals surface area contributed by atoms with E-state index in [0.717, 1.165) is 0 Å². The Labute approximate surface area is 115 Å². The monoisotopic (exact) mass is 296 g/mol. The number of aromatic amines is 1. The molecular weight excluding hydrogens is 288 g/mol. The van der Waals surface area contributed by atoms with Crippen molar-refractivity contribution in [2.24, 2.45) is 0 Å². The number of rotatable bonds is 3. The molecule has 1 heterocycles. The zero-order chi connectivity index (χ0) is 14.0. The van der Waals surface area contributed by atoms with E-state index in [1.54, 1.807) is 6.92 Å². The molecule has 8 heteroatoms. The number of hydrogen-bond donors (Lipinski definition) is 2. The summed E-state index contributed by atoms with van der Waals surface area (Å²) in [6.45, 7) is 1.64. The summed E-state index contributed by atoms with van der Waals surface area (Å²) in [4.78, 5) is 6.43. The standard InChI is InChI=1S/C11H9ClN4O2S/c1-7-14-6-11(15-7)19(17,18)16-10-4-9(12)3-2-8(10)5-13/h2-4,6,16H,1H3,(H,14,15). The highest BCUT2D eigenvalue weighted by Crippen LogP contribution is 2.23. The van der Waals surface area contributed by atoms with Crippen LogP contribution in [0.3, 0.4) is 0 Å². The van der Waals surface area contributed by atoms with E-state index in [4.69, 9.17) is 16.9 Å². The van der Waals surface area contributed by atoms with Gasteiger partial charge in [-0.05, 0) is 25.1 Å². The third kappa shape index (κ3) is 2.86. The van der Waals surface area contributed by atoms with E-state index < -0.39 is 10.0 Å². The quantitative estimate of drug-likeness (QED) is 0.905. The van der Waals surface area contributed by atoms with Crippen LogP contribution < -0.4 is 4.72 Å². The summed E-state index contributed by atoms with van der Waals surface area (Å²) in [6.07, 6.45) is 1.20. The van der Waals surface area contributed by atoms with Crippen molar-refractivity contribution in [3.8, 4) is 6.07 Å². The Kier molecular flexibility index (Phi) is 3.46. The maximum absolute atomic E-state index is 12.1. The molecule has 0 fully saturated rings. The van der Waals surface area contributed by atoms with Crippen LogP contribution in [-0.2, 0) is 10.0 Å². The fourth-order valence-corrected chi connectivity index (χ4v) is 2.65. The Morgan fingerprint density at radius 2 is 2.21 bits per heavy atom. The number of aromatic nitrogens is 2. The van der Waals surface area contributed by atoms with Gasteiger partial charge in [0.1, 0.15) is 11.9 Å². The smallest absolute Gasteiger partial charge is 0.279 e. The third-order valence-corrected chi connectivity index (χ3v) is 3.83. The Bertz CT molecular complexity index is 761. The molecule has 0 saturated carbocycles. The number of aryl methyl sites for hydroxylation is 1. The van der Waals surface area contributed by atoms with Gasteiger partial charge in [-0.15, -0.1) is 0 Å². The molecule has 0 saturated heterocycles. The van der Waals surface area contributed by atoms with Gasteiger partial charge in [0, 0.05) is 5.02 Å². The highest BCUT2D eigenvalue weighted by molar-refractivity contribution is 7.92. The first-order chi connectivity index (χ1) is 8.92. The van der Waals surface area contributed by atoms with Gasteiger partial charge < -0.3 is 4.98 Å². The molecule has 0 aliphatic rings. The lowest BCUT2D eigenvalue weighted by Crippen LogP contribution is -2.14. The first-order valence-electron chi connectivity index (χ1n) is 5.16. The minimum Gasteiger partial charge on any atom is -0.332 e. The fourth-order valence-electron chi connectivity index (χ4n) is 1.43. The van der Waals surface area contributed by atoms with E-state index in [1.807, 2.05) is 6.07 Å². The molecule has 1 aromatic carbocycles. The van der Waals surface area contributed by atoms with Crippen LogP contribution in [0.5, 0.6) is 0 Å². The molecule has 2 rings (SSSR count). The Morgan fingerprint density at radius 1 is 1.47 bits per heavy atom. The fraction of sp³-hybridized carbons (Fsp3) is 0.0909. The van der Waals surface area contributed by atoms with E-state index >= 15 is 0 Å². The van der Waals surface area contributed by atoms with E-state index in [2.05, 4.69) is 14.7 Å². The summed E-state index contributed by atoms with van der Waals surface area (Å²) in [5, 5.41) is 9.19. The van der Waals surface area contributed by atoms with Crippen molar-refractivity contribution >= 4 is 27.3 Å². The van der Waals surface area contributed by atoms with Crippen molar-refractivity contribution in [2.45, 2.75) is 11.9 Å². The molecule has 19 heavy (non-hydrogen) atoms. The highest BCUT2D eigenvalue weighted by Gasteiger charge is 2.18. The second kappa shape index (κ2) is 4.91. The second-order valence-electron chi connectivity index (χ2n) is 3.74. The van der Waals surface area contributed by atoms with Gasteiger partial charge in [-0.2, -0.15) is 13.7 Å². The lowest BCUT2D eigenvalue weighted by atomic mass is 10.2. The SMILES string of the molecule is Cc1ncc(S(=O)(=O)Nc2cc(Cl)ccc2C#N)[nH]1. The van der Waals surface area contributed by atoms with Crippen molar-refractivity contribution in [2.75, 3.05) is 4.72 Å². The van der Waals surface area contributed by atoms with E-state index in [1.165, 1.54) is 24.4 Å². The Hall–Kier alpha value is -2.04. The number of hydrogen-bond acceptors (Lipinski definition) is 4. The molecule has 6 nitrogen and oxygen atoms in total. The van der Waals surface area contributed by atoms with E-state index in [0.29, 0.717) is 10.8 Å². The number of anilines is 1. The van der Waals surface area contributed by atoms with E-state index in [-0.39, 0.29) is 16.3 Å². The van der Waals surface area contributed by atoms with E-state index in [9.17, 15) is 8.42 Å². The number of halogens is 1. The number of nitrogens with one attached hydrogen (secondary N) is 2. The van der Waals surface area contributed by atoms with Gasteiger partial charge in [0.2, 0.25) is 0 Å². The van der Waals surface area contributed by atoms with Gasteiger partial charge >= 0.3 is 0 Å². The summed E-state index contributed by atoms with van der Waals surface area (Å²) >= 11 is 5.79. The molecule has 0 radical (unpaired) electrons. The molecule has 0 bridgehead atoms. The first kappa shape index (κ1) is 13.4. The van der Waals surface area contributed by atoms with Gasteiger partial charge in [0.15, 0.2) is 5.03 Å². The maximum Gasteiger partial charge on any atom is 0.279 e. The van der Waals surface area contributed by atoms with Crippen molar-refractivity contribution in [1.82, 2.24) is 9.97 Å². The number of nitrogens with zero attached hydrogens (tertiary/aromatic N) is 2. The minimum absolute atomic E-state index is 0.0751. The maximum atomic E-state index is 12.1. The predicted octanol–water partition coefficient (Wildman–Crippen LogP) is 2.04. The van der Waals surface area contributed by atoms with Crippen molar-refractivity contribution in [1.29, 1.82) is 5.26 Å². The van der Waals surface area contributed by atoms with Crippen LogP contribution in [0.4, 0.5) is 5.69 Å². The molecule has 0 spiro atoms. The lowest BCUT2D eigenvalue weighted by Gasteiger charge is -2.08. The molecule has 0 aliphatic carbocycles. The summed E-state index contributed by atoms with van der Waals surface area (Å²) in [5.41, 5.74) is 0.312. The average Bonchev–Trinajstić information content (AvgIpc) is 2.76. The summed E-state index contributed by atoms with van der Waals surface area (Å²) in [7, 11) is -3.82. The number of imidazole rings is 1. The Balaban J connectivity index is 2.41. The number of H-pyrrole nitrogens is 1. The molecule has 0 aliphatic heterocycles. The van der Waals surface area contributed by atoms with Crippen LogP contribution in [0.2, 0.25) is 5.02 Å². The van der Waals surface area contributed by atoms with Gasteiger partial charge in [-0.1, -0.05) is 11.6 Å². The summed E-state index contributed by atoms with van der Waals surface area (Å²) < 4.78 is 26.4. The van der Waals surface area contributed by atoms with Gasteiger partial charge in [-0.25, -0.2) is 4.98 Å². The first-order valence-corrected chi connectivity index (χ1v) is 7.02. The zero-order valence-electron chi connectivity index (χ0n) is 9.81. The third-order valence-electron chi connectivity index (χ3n) is 2.32. The molecule has 1 aromatic heterocycles. The summed E-state index contributed by atoms with van der Waals surface area (Å²) in [5.74, 6) is 0.479. The molecule has 0 amide bonds. The molecular formula is C11H9ClN4O2S. The van der Waals surface area contributed by atoms with Crippen molar-refractivity contribution in [3.63, 3.8) is 0 Å². The largest absolute Gasteiger partial charge is 0.332 e. The molecule has 0 unspecified atom stereocenters. The minimum atomic E-state index is -3.82. The van der Waals surface area contributed by atoms with Crippen LogP contribution in [0.15, 0.2) is 29.4 Å². The molecule has 0 atom stereocenters. The second-order valence-corrected chi connectivity index (χ2v) is 5.83.